The number of hydrogen-bond acceptors (Lipinski definition) is 3. The second-order valence-corrected chi connectivity index (χ2v) is 5.07. The summed E-state index contributed by atoms with van der Waals surface area (Å²) in [5.41, 5.74) is 2.45. The third-order valence-corrected chi connectivity index (χ3v) is 3.78. The highest BCUT2D eigenvalue weighted by molar-refractivity contribution is 9.10. The van der Waals surface area contributed by atoms with E-state index < -0.39 is 0 Å². The Morgan fingerprint density at radius 2 is 2.27 bits per heavy atom. The van der Waals surface area contributed by atoms with Crippen LogP contribution in [0.2, 0.25) is 0 Å². The predicted octanol–water partition coefficient (Wildman–Crippen LogP) is 4.59. The summed E-state index contributed by atoms with van der Waals surface area (Å²) in [6.07, 6.45) is 1.69. The molecule has 0 fully saturated rings. The van der Waals surface area contributed by atoms with E-state index in [9.17, 15) is 0 Å². The van der Waals surface area contributed by atoms with Crippen molar-refractivity contribution in [2.45, 2.75) is 19.9 Å². The number of rotatable bonds is 3. The molecule has 1 atom stereocenters. The fraction of sp³-hybridized carbons (Fsp3) is 0.273. The van der Waals surface area contributed by atoms with E-state index in [4.69, 9.17) is 4.42 Å². The molecule has 0 aliphatic carbocycles. The second kappa shape index (κ2) is 4.41. The number of thiophene rings is 1. The van der Waals surface area contributed by atoms with Gasteiger partial charge in [0.1, 0.15) is 5.76 Å². The summed E-state index contributed by atoms with van der Waals surface area (Å²) in [5, 5.41) is 7.66. The van der Waals surface area contributed by atoms with Crippen molar-refractivity contribution in [3.05, 3.63) is 38.9 Å². The van der Waals surface area contributed by atoms with Crippen LogP contribution < -0.4 is 5.32 Å². The fourth-order valence-corrected chi connectivity index (χ4v) is 2.76. The van der Waals surface area contributed by atoms with Crippen molar-refractivity contribution in [2.24, 2.45) is 0 Å². The lowest BCUT2D eigenvalue weighted by Crippen LogP contribution is -2.06. The van der Waals surface area contributed by atoms with Gasteiger partial charge in [-0.3, -0.25) is 0 Å². The van der Waals surface area contributed by atoms with E-state index in [0.717, 1.165) is 10.2 Å². The zero-order chi connectivity index (χ0) is 10.8. The summed E-state index contributed by atoms with van der Waals surface area (Å²) < 4.78 is 6.42. The van der Waals surface area contributed by atoms with Gasteiger partial charge in [-0.1, -0.05) is 0 Å². The molecule has 2 heterocycles. The third-order valence-electron chi connectivity index (χ3n) is 2.27. The van der Waals surface area contributed by atoms with E-state index in [2.05, 4.69) is 45.9 Å². The van der Waals surface area contributed by atoms with E-state index in [1.807, 2.05) is 6.07 Å². The van der Waals surface area contributed by atoms with Crippen molar-refractivity contribution in [3.63, 3.8) is 0 Å². The summed E-state index contributed by atoms with van der Waals surface area (Å²) in [7, 11) is 0. The van der Waals surface area contributed by atoms with Crippen LogP contribution in [0.5, 0.6) is 0 Å². The minimum atomic E-state index is 0.169. The summed E-state index contributed by atoms with van der Waals surface area (Å²) in [6, 6.07) is 2.08. The molecule has 0 bridgehead atoms. The van der Waals surface area contributed by atoms with Gasteiger partial charge in [-0.2, -0.15) is 0 Å². The molecule has 2 aromatic rings. The van der Waals surface area contributed by atoms with Crippen LogP contribution in [0, 0.1) is 6.92 Å². The van der Waals surface area contributed by atoms with Gasteiger partial charge in [0, 0.05) is 11.1 Å². The molecule has 1 unspecified atom stereocenters. The molecule has 0 saturated carbocycles. The van der Waals surface area contributed by atoms with Gasteiger partial charge < -0.3 is 9.73 Å². The lowest BCUT2D eigenvalue weighted by atomic mass is 10.2. The van der Waals surface area contributed by atoms with Crippen LogP contribution in [0.25, 0.3) is 0 Å². The molecule has 0 saturated heterocycles. The number of halogens is 1. The van der Waals surface area contributed by atoms with E-state index in [-0.39, 0.29) is 6.04 Å². The van der Waals surface area contributed by atoms with Crippen LogP contribution in [0.4, 0.5) is 5.69 Å². The Morgan fingerprint density at radius 1 is 1.47 bits per heavy atom. The first-order valence-electron chi connectivity index (χ1n) is 4.70. The quantitative estimate of drug-likeness (QED) is 0.893. The molecule has 2 rings (SSSR count). The monoisotopic (exact) mass is 285 g/mol. The van der Waals surface area contributed by atoms with Crippen LogP contribution in [-0.4, -0.2) is 0 Å². The molecule has 0 aliphatic heterocycles. The van der Waals surface area contributed by atoms with Crippen molar-refractivity contribution >= 4 is 33.0 Å². The molecule has 0 aliphatic rings. The Kier molecular flexibility index (Phi) is 3.17. The Balaban J connectivity index is 2.14. The Bertz CT molecular complexity index is 449. The van der Waals surface area contributed by atoms with Gasteiger partial charge in [0.05, 0.1) is 16.8 Å². The Labute approximate surface area is 101 Å². The van der Waals surface area contributed by atoms with Gasteiger partial charge in [-0.05, 0) is 46.8 Å². The standard InChI is InChI=1S/C11H12BrNOS/c1-7-5-15-6-10(7)13-8(2)11-9(12)3-4-14-11/h3-6,8,13H,1-2H3. The minimum absolute atomic E-state index is 0.169. The van der Waals surface area contributed by atoms with Crippen LogP contribution in [-0.2, 0) is 0 Å². The lowest BCUT2D eigenvalue weighted by Gasteiger charge is -2.13. The van der Waals surface area contributed by atoms with E-state index in [0.29, 0.717) is 0 Å². The van der Waals surface area contributed by atoms with E-state index >= 15 is 0 Å². The maximum atomic E-state index is 5.41. The molecule has 2 nitrogen and oxygen atoms in total. The number of nitrogens with one attached hydrogen (secondary N) is 1. The summed E-state index contributed by atoms with van der Waals surface area (Å²) >= 11 is 5.16. The second-order valence-electron chi connectivity index (χ2n) is 3.47. The lowest BCUT2D eigenvalue weighted by molar-refractivity contribution is 0.488. The van der Waals surface area contributed by atoms with Gasteiger partial charge in [0.2, 0.25) is 0 Å². The molecule has 4 heteroatoms. The first-order chi connectivity index (χ1) is 7.18. The molecule has 15 heavy (non-hydrogen) atoms. The smallest absolute Gasteiger partial charge is 0.139 e. The van der Waals surface area contributed by atoms with Crippen molar-refractivity contribution in [1.29, 1.82) is 0 Å². The van der Waals surface area contributed by atoms with Gasteiger partial charge in [-0.25, -0.2) is 0 Å². The molecule has 0 aromatic carbocycles. The van der Waals surface area contributed by atoms with E-state index in [1.54, 1.807) is 17.6 Å². The van der Waals surface area contributed by atoms with Crippen LogP contribution >= 0.6 is 27.3 Å². The predicted molar refractivity (Wildman–Crippen MR) is 67.5 cm³/mol. The molecule has 2 aromatic heterocycles. The largest absolute Gasteiger partial charge is 0.466 e. The summed E-state index contributed by atoms with van der Waals surface area (Å²) in [4.78, 5) is 0. The highest BCUT2D eigenvalue weighted by atomic mass is 79.9. The Morgan fingerprint density at radius 3 is 2.80 bits per heavy atom. The minimum Gasteiger partial charge on any atom is -0.466 e. The molecular formula is C11H12BrNOS. The average molecular weight is 286 g/mol. The highest BCUT2D eigenvalue weighted by Crippen LogP contribution is 2.29. The molecular weight excluding hydrogens is 274 g/mol. The van der Waals surface area contributed by atoms with Gasteiger partial charge in [0.15, 0.2) is 0 Å². The van der Waals surface area contributed by atoms with Crippen molar-refractivity contribution in [2.75, 3.05) is 5.32 Å². The SMILES string of the molecule is Cc1cscc1NC(C)c1occc1Br. The topological polar surface area (TPSA) is 25.2 Å². The molecule has 1 N–H and O–H groups in total. The van der Waals surface area contributed by atoms with Crippen LogP contribution in [0.3, 0.4) is 0 Å². The van der Waals surface area contributed by atoms with Crippen LogP contribution in [0.1, 0.15) is 24.3 Å². The molecule has 0 amide bonds. The average Bonchev–Trinajstić information content (AvgIpc) is 2.76. The molecule has 0 radical (unpaired) electrons. The first kappa shape index (κ1) is 10.8. The summed E-state index contributed by atoms with van der Waals surface area (Å²) in [6.45, 7) is 4.18. The third kappa shape index (κ3) is 2.26. The number of aryl methyl sites for hydroxylation is 1. The number of furan rings is 1. The maximum Gasteiger partial charge on any atom is 0.139 e. The molecule has 0 spiro atoms. The fourth-order valence-electron chi connectivity index (χ4n) is 1.42. The van der Waals surface area contributed by atoms with Gasteiger partial charge >= 0.3 is 0 Å². The first-order valence-corrected chi connectivity index (χ1v) is 6.44. The van der Waals surface area contributed by atoms with Gasteiger partial charge in [0.25, 0.3) is 0 Å². The van der Waals surface area contributed by atoms with Crippen LogP contribution in [0.15, 0.2) is 32.0 Å². The Hall–Kier alpha value is -0.740. The molecule has 80 valence electrons. The maximum absolute atomic E-state index is 5.41. The van der Waals surface area contributed by atoms with Crippen molar-refractivity contribution in [1.82, 2.24) is 0 Å². The zero-order valence-electron chi connectivity index (χ0n) is 8.58. The normalized spacial score (nSPS) is 12.7. The number of anilines is 1. The van der Waals surface area contributed by atoms with E-state index in [1.165, 1.54) is 11.3 Å². The van der Waals surface area contributed by atoms with Gasteiger partial charge in [-0.15, -0.1) is 11.3 Å². The summed E-state index contributed by atoms with van der Waals surface area (Å²) in [5.74, 6) is 0.931. The van der Waals surface area contributed by atoms with Crippen molar-refractivity contribution < 1.29 is 4.42 Å². The van der Waals surface area contributed by atoms with Crippen molar-refractivity contribution in [3.8, 4) is 0 Å². The number of hydrogen-bond donors (Lipinski definition) is 1. The highest BCUT2D eigenvalue weighted by Gasteiger charge is 2.13. The zero-order valence-corrected chi connectivity index (χ0v) is 11.0.